The smallest absolute Gasteiger partial charge is 0.282 e. The quantitative estimate of drug-likeness (QED) is 0.572. The Balaban J connectivity index is 2.54. The van der Waals surface area contributed by atoms with E-state index in [2.05, 4.69) is 4.28 Å². The van der Waals surface area contributed by atoms with Crippen LogP contribution >= 0.6 is 0 Å². The van der Waals surface area contributed by atoms with Crippen LogP contribution in [0.1, 0.15) is 6.92 Å². The molecule has 0 bridgehead atoms. The molecule has 0 fully saturated rings. The highest BCUT2D eigenvalue weighted by molar-refractivity contribution is 7.74. The maximum Gasteiger partial charge on any atom is 0.325 e. The first-order valence-corrected chi connectivity index (χ1v) is 3.46. The van der Waals surface area contributed by atoms with E-state index in [-0.39, 0.29) is 0 Å². The Morgan fingerprint density at radius 2 is 2.40 bits per heavy atom. The lowest BCUT2D eigenvalue weighted by molar-refractivity contribution is -0.150. The van der Waals surface area contributed by atoms with Crippen LogP contribution in [-0.4, -0.2) is 19.7 Å². The van der Waals surface area contributed by atoms with E-state index >= 15 is 0 Å². The topological polar surface area (TPSA) is 66.8 Å². The molecule has 0 aromatic rings. The SMILES string of the molecule is CC1=CC(=O)N1OS(=O)O. The van der Waals surface area contributed by atoms with Crippen LogP contribution in [0.15, 0.2) is 11.8 Å². The first-order valence-electron chi connectivity index (χ1n) is 2.43. The normalized spacial score (nSPS) is 20.0. The van der Waals surface area contributed by atoms with Crippen LogP contribution in [0.5, 0.6) is 0 Å². The summed E-state index contributed by atoms with van der Waals surface area (Å²) < 4.78 is 22.3. The zero-order valence-corrected chi connectivity index (χ0v) is 5.92. The third-order valence-electron chi connectivity index (χ3n) is 0.991. The highest BCUT2D eigenvalue weighted by Gasteiger charge is 2.26. The summed E-state index contributed by atoms with van der Waals surface area (Å²) in [6.07, 6.45) is 1.30. The molecular weight excluding hydrogens is 158 g/mol. The second-order valence-corrected chi connectivity index (χ2v) is 2.29. The first-order chi connectivity index (χ1) is 4.61. The van der Waals surface area contributed by atoms with Gasteiger partial charge >= 0.3 is 11.4 Å². The Hall–Kier alpha value is -0.720. The van der Waals surface area contributed by atoms with E-state index in [1.165, 1.54) is 6.08 Å². The Morgan fingerprint density at radius 3 is 2.60 bits per heavy atom. The highest BCUT2D eigenvalue weighted by atomic mass is 32.2. The van der Waals surface area contributed by atoms with Crippen molar-refractivity contribution in [3.8, 4) is 0 Å². The molecule has 6 heteroatoms. The van der Waals surface area contributed by atoms with Crippen LogP contribution < -0.4 is 0 Å². The molecule has 1 atom stereocenters. The molecular formula is C4H5NO4S. The second-order valence-electron chi connectivity index (χ2n) is 1.71. The van der Waals surface area contributed by atoms with Crippen LogP contribution in [0.4, 0.5) is 0 Å². The lowest BCUT2D eigenvalue weighted by Crippen LogP contribution is -2.36. The molecule has 1 rings (SSSR count). The molecule has 1 heterocycles. The van der Waals surface area contributed by atoms with Crippen molar-refractivity contribution in [2.75, 3.05) is 0 Å². The van der Waals surface area contributed by atoms with Crippen LogP contribution in [-0.2, 0) is 20.4 Å². The number of hydrogen-bond donors (Lipinski definition) is 1. The lowest BCUT2D eigenvalue weighted by atomic mass is 10.3. The van der Waals surface area contributed by atoms with E-state index in [9.17, 15) is 9.00 Å². The summed E-state index contributed by atoms with van der Waals surface area (Å²) in [5.74, 6) is -0.417. The Morgan fingerprint density at radius 1 is 1.80 bits per heavy atom. The molecule has 1 aliphatic heterocycles. The van der Waals surface area contributed by atoms with E-state index in [0.29, 0.717) is 5.70 Å². The number of hydroxylamine groups is 2. The van der Waals surface area contributed by atoms with Crippen molar-refractivity contribution in [3.05, 3.63) is 11.8 Å². The van der Waals surface area contributed by atoms with Gasteiger partial charge in [0.1, 0.15) is 0 Å². The fourth-order valence-electron chi connectivity index (χ4n) is 0.563. The predicted octanol–water partition coefficient (Wildman–Crippen LogP) is -0.199. The molecule has 1 unspecified atom stereocenters. The number of amides is 1. The van der Waals surface area contributed by atoms with Crippen LogP contribution in [0.3, 0.4) is 0 Å². The van der Waals surface area contributed by atoms with Crippen molar-refractivity contribution in [2.45, 2.75) is 6.92 Å². The Bertz CT molecular complexity index is 223. The molecule has 56 valence electrons. The van der Waals surface area contributed by atoms with Crippen molar-refractivity contribution in [1.82, 2.24) is 5.06 Å². The first kappa shape index (κ1) is 7.39. The van der Waals surface area contributed by atoms with Crippen LogP contribution in [0.25, 0.3) is 0 Å². The van der Waals surface area contributed by atoms with Gasteiger partial charge in [-0.2, -0.15) is 9.27 Å². The monoisotopic (exact) mass is 163 g/mol. The molecule has 0 aliphatic carbocycles. The second kappa shape index (κ2) is 2.49. The van der Waals surface area contributed by atoms with Crippen LogP contribution in [0.2, 0.25) is 0 Å². The third-order valence-corrected chi connectivity index (χ3v) is 1.27. The van der Waals surface area contributed by atoms with Crippen molar-refractivity contribution in [1.29, 1.82) is 0 Å². The van der Waals surface area contributed by atoms with E-state index in [1.807, 2.05) is 0 Å². The van der Waals surface area contributed by atoms with E-state index in [0.717, 1.165) is 5.06 Å². The molecule has 1 N–H and O–H groups in total. The average molecular weight is 163 g/mol. The molecule has 0 saturated carbocycles. The van der Waals surface area contributed by atoms with Crippen molar-refractivity contribution >= 4 is 17.3 Å². The minimum atomic E-state index is -2.42. The number of allylic oxidation sites excluding steroid dienone is 1. The summed E-state index contributed by atoms with van der Waals surface area (Å²) in [5, 5.41) is 0.760. The number of carbonyl (C=O) groups excluding carboxylic acids is 1. The van der Waals surface area contributed by atoms with Gasteiger partial charge in [0, 0.05) is 6.08 Å². The number of hydrogen-bond acceptors (Lipinski definition) is 3. The van der Waals surface area contributed by atoms with Crippen molar-refractivity contribution < 1.29 is 17.8 Å². The molecule has 0 aromatic carbocycles. The number of nitrogens with zero attached hydrogens (tertiary/aromatic N) is 1. The van der Waals surface area contributed by atoms with Gasteiger partial charge in [-0.05, 0) is 6.92 Å². The van der Waals surface area contributed by atoms with Gasteiger partial charge in [-0.1, -0.05) is 0 Å². The minimum absolute atomic E-state index is 0.417. The molecule has 5 nitrogen and oxygen atoms in total. The lowest BCUT2D eigenvalue weighted by Gasteiger charge is -2.24. The molecule has 0 radical (unpaired) electrons. The number of carbonyl (C=O) groups is 1. The van der Waals surface area contributed by atoms with E-state index in [4.69, 9.17) is 4.55 Å². The molecule has 0 spiro atoms. The molecule has 1 aliphatic rings. The molecule has 1 amide bonds. The van der Waals surface area contributed by atoms with Crippen LogP contribution in [0, 0.1) is 0 Å². The Kier molecular flexibility index (Phi) is 1.84. The van der Waals surface area contributed by atoms with Crippen molar-refractivity contribution in [2.24, 2.45) is 0 Å². The summed E-state index contributed by atoms with van der Waals surface area (Å²) >= 11 is -2.42. The maximum absolute atomic E-state index is 10.5. The summed E-state index contributed by atoms with van der Waals surface area (Å²) in [6, 6.07) is 0. The molecule has 0 saturated heterocycles. The van der Waals surface area contributed by atoms with E-state index < -0.39 is 17.3 Å². The van der Waals surface area contributed by atoms with Gasteiger partial charge in [-0.25, -0.2) is 0 Å². The van der Waals surface area contributed by atoms with Gasteiger partial charge in [-0.15, -0.1) is 4.28 Å². The zero-order chi connectivity index (χ0) is 7.72. The predicted molar refractivity (Wildman–Crippen MR) is 32.5 cm³/mol. The van der Waals surface area contributed by atoms with Gasteiger partial charge in [0.2, 0.25) is 0 Å². The fraction of sp³-hybridized carbons (Fsp3) is 0.250. The maximum atomic E-state index is 10.5. The fourth-order valence-corrected chi connectivity index (χ4v) is 0.881. The van der Waals surface area contributed by atoms with Crippen molar-refractivity contribution in [3.63, 3.8) is 0 Å². The standard InChI is InChI=1S/C4H5NO4S/c1-3-2-4(6)5(3)9-10(7)8/h2H,1H3,(H,7,8). The molecule has 0 aromatic heterocycles. The van der Waals surface area contributed by atoms with Gasteiger partial charge in [0.15, 0.2) is 0 Å². The highest BCUT2D eigenvalue weighted by Crippen LogP contribution is 2.15. The van der Waals surface area contributed by atoms with Gasteiger partial charge in [-0.3, -0.25) is 9.35 Å². The largest absolute Gasteiger partial charge is 0.325 e. The van der Waals surface area contributed by atoms with Gasteiger partial charge < -0.3 is 0 Å². The van der Waals surface area contributed by atoms with Gasteiger partial charge in [0.05, 0.1) is 5.70 Å². The van der Waals surface area contributed by atoms with E-state index in [1.54, 1.807) is 6.92 Å². The number of rotatable bonds is 2. The zero-order valence-electron chi connectivity index (χ0n) is 5.10. The summed E-state index contributed by atoms with van der Waals surface area (Å²) in [5.41, 5.74) is 0.521. The average Bonchev–Trinajstić information content (AvgIpc) is 1.84. The minimum Gasteiger partial charge on any atom is -0.282 e. The summed E-state index contributed by atoms with van der Waals surface area (Å²) in [4.78, 5) is 10.5. The molecule has 10 heavy (non-hydrogen) atoms. The Labute approximate surface area is 59.7 Å². The summed E-state index contributed by atoms with van der Waals surface area (Å²) in [7, 11) is 0. The summed E-state index contributed by atoms with van der Waals surface area (Å²) in [6.45, 7) is 1.59. The third kappa shape index (κ3) is 1.23. The van der Waals surface area contributed by atoms with Gasteiger partial charge in [0.25, 0.3) is 5.91 Å².